The highest BCUT2D eigenvalue weighted by molar-refractivity contribution is 7.80. The van der Waals surface area contributed by atoms with Gasteiger partial charge in [0.25, 0.3) is 11.8 Å². The van der Waals surface area contributed by atoms with Crippen LogP contribution in [0.15, 0.2) is 29.8 Å². The molecule has 1 heterocycles. The van der Waals surface area contributed by atoms with Crippen LogP contribution in [-0.2, 0) is 14.4 Å². The number of carboxylic acids is 1. The third-order valence-corrected chi connectivity index (χ3v) is 4.04. The maximum atomic E-state index is 12.2. The molecule has 1 aliphatic rings. The van der Waals surface area contributed by atoms with Gasteiger partial charge in [-0.2, -0.15) is 0 Å². The monoisotopic (exact) mass is 348 g/mol. The number of likely N-dealkylation sites (N-methyl/N-ethyl adjacent to an activating group) is 2. The van der Waals surface area contributed by atoms with E-state index >= 15 is 0 Å². The number of aliphatic carboxylic acids is 1. The number of rotatable bonds is 4. The number of ether oxygens (including phenoxy) is 1. The van der Waals surface area contributed by atoms with Crippen LogP contribution in [0.4, 0.5) is 0 Å². The maximum absolute atomic E-state index is 12.2. The minimum atomic E-state index is -1.07. The number of nitrogens with zero attached hydrogens (tertiary/aromatic N) is 2. The lowest BCUT2D eigenvalue weighted by Gasteiger charge is -2.31. The highest BCUT2D eigenvalue weighted by Crippen LogP contribution is 2.20. The number of benzene rings is 1. The van der Waals surface area contributed by atoms with Crippen LogP contribution in [0.2, 0.25) is 0 Å². The van der Waals surface area contributed by atoms with Crippen molar-refractivity contribution in [1.29, 1.82) is 0 Å². The zero-order chi connectivity index (χ0) is 18.0. The molecular formula is C16H16N2O5S. The van der Waals surface area contributed by atoms with Crippen molar-refractivity contribution in [3.05, 3.63) is 35.4 Å². The van der Waals surface area contributed by atoms with Gasteiger partial charge in [0, 0.05) is 14.1 Å². The first-order chi connectivity index (χ1) is 11.2. The van der Waals surface area contributed by atoms with E-state index in [0.29, 0.717) is 11.3 Å². The molecule has 2 rings (SSSR count). The van der Waals surface area contributed by atoms with Gasteiger partial charge in [0.05, 0.1) is 0 Å². The predicted octanol–water partition coefficient (Wildman–Crippen LogP) is 1.14. The van der Waals surface area contributed by atoms with E-state index in [-0.39, 0.29) is 10.7 Å². The van der Waals surface area contributed by atoms with Crippen molar-refractivity contribution in [2.24, 2.45) is 0 Å². The van der Waals surface area contributed by atoms with E-state index in [9.17, 15) is 14.4 Å². The van der Waals surface area contributed by atoms with Crippen molar-refractivity contribution in [3.63, 3.8) is 0 Å². The third kappa shape index (κ3) is 3.43. The van der Waals surface area contributed by atoms with E-state index < -0.39 is 23.9 Å². The van der Waals surface area contributed by atoms with Gasteiger partial charge in [-0.3, -0.25) is 19.4 Å². The molecule has 7 nitrogen and oxygen atoms in total. The van der Waals surface area contributed by atoms with Crippen molar-refractivity contribution in [2.75, 3.05) is 14.1 Å². The molecule has 2 amide bonds. The van der Waals surface area contributed by atoms with Crippen LogP contribution >= 0.6 is 12.2 Å². The van der Waals surface area contributed by atoms with Crippen LogP contribution in [-0.4, -0.2) is 58.0 Å². The first-order valence-electron chi connectivity index (χ1n) is 7.03. The summed E-state index contributed by atoms with van der Waals surface area (Å²) in [6, 6.07) is 6.40. The Bertz CT molecular complexity index is 715. The number of amides is 2. The number of hydrogen-bond acceptors (Lipinski definition) is 5. The van der Waals surface area contributed by atoms with E-state index in [2.05, 4.69) is 0 Å². The molecule has 1 aliphatic heterocycles. The highest BCUT2D eigenvalue weighted by atomic mass is 32.1. The minimum Gasteiger partial charge on any atom is -0.479 e. The van der Waals surface area contributed by atoms with Gasteiger partial charge in [0.15, 0.2) is 11.2 Å². The van der Waals surface area contributed by atoms with Gasteiger partial charge in [-0.05, 0) is 42.9 Å². The molecule has 126 valence electrons. The van der Waals surface area contributed by atoms with E-state index in [4.69, 9.17) is 22.1 Å². The Balaban J connectivity index is 2.24. The molecule has 1 fully saturated rings. The van der Waals surface area contributed by atoms with Crippen LogP contribution in [0.5, 0.6) is 5.75 Å². The average molecular weight is 348 g/mol. The number of carbonyl (C=O) groups is 3. The molecule has 1 aromatic rings. The van der Waals surface area contributed by atoms with Crippen molar-refractivity contribution in [3.8, 4) is 5.75 Å². The van der Waals surface area contributed by atoms with E-state index in [1.807, 2.05) is 0 Å². The third-order valence-electron chi connectivity index (χ3n) is 3.50. The fraction of sp³-hybridized carbons (Fsp3) is 0.250. The van der Waals surface area contributed by atoms with Crippen LogP contribution in [0.3, 0.4) is 0 Å². The lowest BCUT2D eigenvalue weighted by Crippen LogP contribution is -2.52. The summed E-state index contributed by atoms with van der Waals surface area (Å²) in [6.45, 7) is 1.42. The summed E-state index contributed by atoms with van der Waals surface area (Å²) in [5.74, 6) is -1.63. The van der Waals surface area contributed by atoms with Crippen molar-refractivity contribution in [1.82, 2.24) is 9.80 Å². The number of hydrogen-bond donors (Lipinski definition) is 1. The molecule has 24 heavy (non-hydrogen) atoms. The number of thiocarbonyl (C=S) groups is 1. The second-order valence-electron chi connectivity index (χ2n) is 5.24. The van der Waals surface area contributed by atoms with Crippen molar-refractivity contribution in [2.45, 2.75) is 13.0 Å². The fourth-order valence-corrected chi connectivity index (χ4v) is 2.20. The second-order valence-corrected chi connectivity index (χ2v) is 5.60. The first kappa shape index (κ1) is 17.6. The largest absolute Gasteiger partial charge is 0.479 e. The molecule has 1 N–H and O–H groups in total. The van der Waals surface area contributed by atoms with Crippen LogP contribution in [0.1, 0.15) is 12.5 Å². The Hall–Kier alpha value is -2.74. The van der Waals surface area contributed by atoms with E-state index in [0.717, 1.165) is 0 Å². The normalized spacial score (nSPS) is 16.3. The van der Waals surface area contributed by atoms with Crippen molar-refractivity contribution >= 4 is 41.2 Å². The van der Waals surface area contributed by atoms with Crippen molar-refractivity contribution < 1.29 is 24.2 Å². The minimum absolute atomic E-state index is 0.00109. The lowest BCUT2D eigenvalue weighted by atomic mass is 10.1. The highest BCUT2D eigenvalue weighted by Gasteiger charge is 2.35. The average Bonchev–Trinajstić information content (AvgIpc) is 2.56. The van der Waals surface area contributed by atoms with Crippen LogP contribution < -0.4 is 4.74 Å². The SMILES string of the molecule is C[C@@H](Oc1ccc(C=C2C(=O)N(C)C(=S)N(C)C2=O)cc1)C(=O)O. The molecule has 0 saturated carbocycles. The molecule has 8 heteroatoms. The Labute approximate surface area is 144 Å². The summed E-state index contributed by atoms with van der Waals surface area (Å²) >= 11 is 5.02. The number of carboxylic acid groups (broad SMARTS) is 1. The predicted molar refractivity (Wildman–Crippen MR) is 90.3 cm³/mol. The fourth-order valence-electron chi connectivity index (χ4n) is 2.04. The molecule has 0 spiro atoms. The van der Waals surface area contributed by atoms with Crippen LogP contribution in [0.25, 0.3) is 6.08 Å². The summed E-state index contributed by atoms with van der Waals surface area (Å²) < 4.78 is 5.22. The molecule has 1 atom stereocenters. The zero-order valence-corrected chi connectivity index (χ0v) is 14.2. The Kier molecular flexibility index (Phi) is 4.99. The first-order valence-corrected chi connectivity index (χ1v) is 7.44. The van der Waals surface area contributed by atoms with Gasteiger partial charge < -0.3 is 9.84 Å². The van der Waals surface area contributed by atoms with Gasteiger partial charge in [-0.1, -0.05) is 12.1 Å². The molecule has 1 aromatic carbocycles. The zero-order valence-electron chi connectivity index (χ0n) is 13.3. The summed E-state index contributed by atoms with van der Waals surface area (Å²) in [7, 11) is 3.01. The summed E-state index contributed by atoms with van der Waals surface area (Å²) in [6.07, 6.45) is 0.489. The molecule has 0 unspecified atom stereocenters. The van der Waals surface area contributed by atoms with E-state index in [1.165, 1.54) is 36.9 Å². The Morgan fingerprint density at radius 2 is 1.67 bits per heavy atom. The van der Waals surface area contributed by atoms with Gasteiger partial charge in [-0.25, -0.2) is 4.79 Å². The smallest absolute Gasteiger partial charge is 0.344 e. The lowest BCUT2D eigenvalue weighted by molar-refractivity contribution is -0.144. The van der Waals surface area contributed by atoms with E-state index in [1.54, 1.807) is 24.3 Å². The summed E-state index contributed by atoms with van der Waals surface area (Å²) in [5, 5.41) is 8.96. The standard InChI is InChI=1S/C16H16N2O5S/c1-9(15(21)22)23-11-6-4-10(5-7-11)8-12-13(19)17(2)16(24)18(3)14(12)20/h4-9H,1-3H3,(H,21,22)/t9-/m1/s1. The van der Waals surface area contributed by atoms with Gasteiger partial charge in [0.1, 0.15) is 11.3 Å². The van der Waals surface area contributed by atoms with Crippen LogP contribution in [0, 0.1) is 0 Å². The maximum Gasteiger partial charge on any atom is 0.344 e. The molecule has 0 radical (unpaired) electrons. The van der Waals surface area contributed by atoms with Gasteiger partial charge in [0.2, 0.25) is 0 Å². The molecule has 0 bridgehead atoms. The molecular weight excluding hydrogens is 332 g/mol. The molecule has 0 aliphatic carbocycles. The van der Waals surface area contributed by atoms with Gasteiger partial charge in [-0.15, -0.1) is 0 Å². The topological polar surface area (TPSA) is 87.2 Å². The molecule has 0 aromatic heterocycles. The number of carbonyl (C=O) groups excluding carboxylic acids is 2. The summed E-state index contributed by atoms with van der Waals surface area (Å²) in [4.78, 5) is 37.7. The Morgan fingerprint density at radius 3 is 2.12 bits per heavy atom. The second kappa shape index (κ2) is 6.79. The summed E-state index contributed by atoms with van der Waals surface area (Å²) in [5.41, 5.74) is 0.609. The Morgan fingerprint density at radius 1 is 1.17 bits per heavy atom. The van der Waals surface area contributed by atoms with Gasteiger partial charge >= 0.3 is 5.97 Å². The quantitative estimate of drug-likeness (QED) is 0.499. The molecule has 1 saturated heterocycles.